The second-order valence-electron chi connectivity index (χ2n) is 5.13. The minimum absolute atomic E-state index is 0.128. The molecular weight excluding hydrogens is 290 g/mol. The first-order valence-electron chi connectivity index (χ1n) is 7.19. The van der Waals surface area contributed by atoms with Crippen LogP contribution in [0, 0.1) is 18.3 Å². The van der Waals surface area contributed by atoms with E-state index >= 15 is 0 Å². The number of rotatable bonds is 5. The molecule has 0 spiro atoms. The van der Waals surface area contributed by atoms with Crippen molar-refractivity contribution in [3.05, 3.63) is 65.2 Å². The van der Waals surface area contributed by atoms with E-state index in [4.69, 9.17) is 5.26 Å². The molecule has 0 unspecified atom stereocenters. The van der Waals surface area contributed by atoms with Crippen LogP contribution in [0.25, 0.3) is 0 Å². The Morgan fingerprint density at radius 2 is 1.70 bits per heavy atom. The van der Waals surface area contributed by atoms with Crippen molar-refractivity contribution < 1.29 is 9.59 Å². The smallest absolute Gasteiger partial charge is 0.251 e. The number of nitrogens with zero attached hydrogens (tertiary/aromatic N) is 1. The van der Waals surface area contributed by atoms with E-state index < -0.39 is 0 Å². The Hall–Kier alpha value is -3.13. The molecule has 5 nitrogen and oxygen atoms in total. The molecule has 0 aliphatic carbocycles. The van der Waals surface area contributed by atoms with Crippen LogP contribution in [0.5, 0.6) is 0 Å². The van der Waals surface area contributed by atoms with Gasteiger partial charge in [-0.3, -0.25) is 9.59 Å². The van der Waals surface area contributed by atoms with Crippen LogP contribution < -0.4 is 10.6 Å². The Kier molecular flexibility index (Phi) is 5.48. The lowest BCUT2D eigenvalue weighted by atomic mass is 10.1. The standard InChI is InChI=1S/C18H17N3O2/c1-13-2-6-15(7-3-13)18(23)20-12-14-4-8-16(9-5-14)21-17(22)10-11-19/h2-9H,10,12H2,1H3,(H,20,23)(H,21,22). The van der Waals surface area contributed by atoms with Gasteiger partial charge in [0.05, 0.1) is 6.07 Å². The van der Waals surface area contributed by atoms with Gasteiger partial charge in [-0.25, -0.2) is 0 Å². The van der Waals surface area contributed by atoms with Gasteiger partial charge in [-0.2, -0.15) is 5.26 Å². The SMILES string of the molecule is Cc1ccc(C(=O)NCc2ccc(NC(=O)CC#N)cc2)cc1. The van der Waals surface area contributed by atoms with E-state index in [9.17, 15) is 9.59 Å². The quantitative estimate of drug-likeness (QED) is 0.891. The predicted molar refractivity (Wildman–Crippen MR) is 87.7 cm³/mol. The largest absolute Gasteiger partial charge is 0.348 e. The first kappa shape index (κ1) is 16.2. The van der Waals surface area contributed by atoms with E-state index in [1.165, 1.54) is 0 Å². The maximum Gasteiger partial charge on any atom is 0.251 e. The zero-order valence-electron chi connectivity index (χ0n) is 12.8. The summed E-state index contributed by atoms with van der Waals surface area (Å²) in [4.78, 5) is 23.3. The van der Waals surface area contributed by atoms with E-state index in [0.29, 0.717) is 17.8 Å². The number of nitrogens with one attached hydrogen (secondary N) is 2. The number of carbonyl (C=O) groups is 2. The summed E-state index contributed by atoms with van der Waals surface area (Å²) < 4.78 is 0. The van der Waals surface area contributed by atoms with Crippen LogP contribution in [-0.2, 0) is 11.3 Å². The minimum atomic E-state index is -0.340. The van der Waals surface area contributed by atoms with Gasteiger partial charge in [-0.15, -0.1) is 0 Å². The minimum Gasteiger partial charge on any atom is -0.348 e. The fourth-order valence-corrected chi connectivity index (χ4v) is 1.97. The second kappa shape index (κ2) is 7.76. The third-order valence-electron chi connectivity index (χ3n) is 3.24. The second-order valence-corrected chi connectivity index (χ2v) is 5.13. The highest BCUT2D eigenvalue weighted by atomic mass is 16.2. The highest BCUT2D eigenvalue weighted by Gasteiger charge is 2.05. The van der Waals surface area contributed by atoms with E-state index in [1.54, 1.807) is 30.3 Å². The van der Waals surface area contributed by atoms with E-state index in [-0.39, 0.29) is 18.2 Å². The lowest BCUT2D eigenvalue weighted by molar-refractivity contribution is -0.115. The summed E-state index contributed by atoms with van der Waals surface area (Å²) in [6.07, 6.45) is -0.172. The lowest BCUT2D eigenvalue weighted by Crippen LogP contribution is -2.22. The number of carbonyl (C=O) groups excluding carboxylic acids is 2. The van der Waals surface area contributed by atoms with Gasteiger partial charge in [0.15, 0.2) is 0 Å². The number of amides is 2. The molecule has 5 heteroatoms. The highest BCUT2D eigenvalue weighted by Crippen LogP contribution is 2.10. The van der Waals surface area contributed by atoms with Crippen molar-refractivity contribution >= 4 is 17.5 Å². The highest BCUT2D eigenvalue weighted by molar-refractivity contribution is 5.94. The molecule has 2 N–H and O–H groups in total. The number of benzene rings is 2. The molecule has 2 aromatic rings. The van der Waals surface area contributed by atoms with Crippen LogP contribution >= 0.6 is 0 Å². The zero-order valence-corrected chi connectivity index (χ0v) is 12.8. The first-order valence-corrected chi connectivity index (χ1v) is 7.19. The van der Waals surface area contributed by atoms with Crippen LogP contribution in [-0.4, -0.2) is 11.8 Å². The Labute approximate surface area is 134 Å². The fraction of sp³-hybridized carbons (Fsp3) is 0.167. The summed E-state index contributed by atoms with van der Waals surface area (Å²) in [5, 5.41) is 13.9. The maximum atomic E-state index is 12.0. The first-order chi connectivity index (χ1) is 11.1. The van der Waals surface area contributed by atoms with Gasteiger partial charge in [-0.05, 0) is 36.8 Å². The monoisotopic (exact) mass is 307 g/mol. The molecule has 0 heterocycles. The summed E-state index contributed by atoms with van der Waals surface area (Å²) in [5.74, 6) is -0.468. The molecule has 0 aromatic heterocycles. The maximum absolute atomic E-state index is 12.0. The average molecular weight is 307 g/mol. The van der Waals surface area contributed by atoms with Crippen molar-refractivity contribution in [2.24, 2.45) is 0 Å². The molecule has 2 aromatic carbocycles. The molecule has 2 amide bonds. The van der Waals surface area contributed by atoms with Gasteiger partial charge in [0.2, 0.25) is 5.91 Å². The van der Waals surface area contributed by atoms with Crippen molar-refractivity contribution in [1.82, 2.24) is 5.32 Å². The summed E-state index contributed by atoms with van der Waals surface area (Å²) in [6.45, 7) is 2.37. The Morgan fingerprint density at radius 3 is 2.30 bits per heavy atom. The van der Waals surface area contributed by atoms with Crippen LogP contribution in [0.3, 0.4) is 0 Å². The number of nitriles is 1. The third-order valence-corrected chi connectivity index (χ3v) is 3.24. The zero-order chi connectivity index (χ0) is 16.7. The summed E-state index contributed by atoms with van der Waals surface area (Å²) in [5.41, 5.74) is 3.27. The number of hydrogen-bond acceptors (Lipinski definition) is 3. The van der Waals surface area contributed by atoms with Gasteiger partial charge < -0.3 is 10.6 Å². The van der Waals surface area contributed by atoms with E-state index in [1.807, 2.05) is 31.2 Å². The van der Waals surface area contributed by atoms with Gasteiger partial charge in [0, 0.05) is 17.8 Å². The molecular formula is C18H17N3O2. The van der Waals surface area contributed by atoms with Gasteiger partial charge in [0.25, 0.3) is 5.91 Å². The van der Waals surface area contributed by atoms with Gasteiger partial charge in [-0.1, -0.05) is 29.8 Å². The lowest BCUT2D eigenvalue weighted by Gasteiger charge is -2.07. The van der Waals surface area contributed by atoms with Gasteiger partial charge in [0.1, 0.15) is 6.42 Å². The number of aryl methyl sites for hydroxylation is 1. The molecule has 0 aliphatic heterocycles. The molecule has 0 atom stereocenters. The molecule has 116 valence electrons. The Balaban J connectivity index is 1.88. The molecule has 0 saturated carbocycles. The van der Waals surface area contributed by atoms with Crippen LogP contribution in [0.2, 0.25) is 0 Å². The molecule has 0 fully saturated rings. The van der Waals surface area contributed by atoms with Crippen molar-refractivity contribution in [3.8, 4) is 6.07 Å². The van der Waals surface area contributed by atoms with Crippen molar-refractivity contribution in [1.29, 1.82) is 5.26 Å². The van der Waals surface area contributed by atoms with Gasteiger partial charge >= 0.3 is 0 Å². The van der Waals surface area contributed by atoms with Crippen molar-refractivity contribution in [2.45, 2.75) is 19.9 Å². The topological polar surface area (TPSA) is 82.0 Å². The summed E-state index contributed by atoms with van der Waals surface area (Å²) in [7, 11) is 0. The molecule has 2 rings (SSSR count). The van der Waals surface area contributed by atoms with E-state index in [0.717, 1.165) is 11.1 Å². The molecule has 0 saturated heterocycles. The molecule has 0 radical (unpaired) electrons. The van der Waals surface area contributed by atoms with Crippen LogP contribution in [0.1, 0.15) is 27.9 Å². The number of hydrogen-bond donors (Lipinski definition) is 2. The molecule has 23 heavy (non-hydrogen) atoms. The van der Waals surface area contributed by atoms with Crippen LogP contribution in [0.15, 0.2) is 48.5 Å². The normalized spacial score (nSPS) is 9.74. The van der Waals surface area contributed by atoms with E-state index in [2.05, 4.69) is 10.6 Å². The Bertz CT molecular complexity index is 728. The van der Waals surface area contributed by atoms with Crippen LogP contribution in [0.4, 0.5) is 5.69 Å². The average Bonchev–Trinajstić information content (AvgIpc) is 2.55. The summed E-state index contributed by atoms with van der Waals surface area (Å²) in [6, 6.07) is 16.3. The Morgan fingerprint density at radius 1 is 1.04 bits per heavy atom. The molecule has 0 aliphatic rings. The molecule has 0 bridgehead atoms. The fourth-order valence-electron chi connectivity index (χ4n) is 1.97. The number of anilines is 1. The predicted octanol–water partition coefficient (Wildman–Crippen LogP) is 2.78. The van der Waals surface area contributed by atoms with Crippen molar-refractivity contribution in [3.63, 3.8) is 0 Å². The van der Waals surface area contributed by atoms with Crippen molar-refractivity contribution in [2.75, 3.05) is 5.32 Å². The summed E-state index contributed by atoms with van der Waals surface area (Å²) >= 11 is 0. The third kappa shape index (κ3) is 4.97.